The molecule has 4 nitrogen and oxygen atoms in total. The second-order valence-corrected chi connectivity index (χ2v) is 8.84. The minimum atomic E-state index is -3.29. The van der Waals surface area contributed by atoms with Gasteiger partial charge in [-0.05, 0) is 24.8 Å². The van der Waals surface area contributed by atoms with Crippen LogP contribution in [0.4, 0.5) is 0 Å². The molecule has 1 heterocycles. The van der Waals surface area contributed by atoms with Crippen molar-refractivity contribution in [3.8, 4) is 5.75 Å². The molecule has 1 aliphatic heterocycles. The lowest BCUT2D eigenvalue weighted by Gasteiger charge is -2.21. The third-order valence-corrected chi connectivity index (χ3v) is 5.79. The summed E-state index contributed by atoms with van der Waals surface area (Å²) in [4.78, 5) is 4.96. The maximum Gasteiger partial charge on any atom is 0.179 e. The average molecular weight is 342 g/mol. The van der Waals surface area contributed by atoms with Crippen LogP contribution >= 0.6 is 11.6 Å². The average Bonchev–Trinajstić information content (AvgIpc) is 3.24. The molecule has 0 N–H and O–H groups in total. The first-order valence-corrected chi connectivity index (χ1v) is 9.66. The van der Waals surface area contributed by atoms with Gasteiger partial charge < -0.3 is 4.74 Å². The second-order valence-electron chi connectivity index (χ2n) is 6.36. The Hall–Kier alpha value is -1.07. The lowest BCUT2D eigenvalue weighted by Crippen LogP contribution is -2.22. The molecule has 0 bridgehead atoms. The van der Waals surface area contributed by atoms with Crippen molar-refractivity contribution in [2.24, 2.45) is 10.9 Å². The summed E-state index contributed by atoms with van der Waals surface area (Å²) in [5.41, 5.74) is 1.52. The summed E-state index contributed by atoms with van der Waals surface area (Å²) in [5, 5.41) is 0.444. The van der Waals surface area contributed by atoms with Crippen LogP contribution in [0.3, 0.4) is 0 Å². The summed E-state index contributed by atoms with van der Waals surface area (Å²) in [6.07, 6.45) is 2.65. The van der Waals surface area contributed by atoms with E-state index in [1.54, 1.807) is 12.1 Å². The summed E-state index contributed by atoms with van der Waals surface area (Å²) in [6.45, 7) is 4.56. The number of sulfone groups is 1. The number of rotatable bonds is 4. The Morgan fingerprint density at radius 2 is 2.09 bits per heavy atom. The number of ether oxygens (including phenoxy) is 1. The number of aliphatic imine (C=N–C) groups is 1. The highest BCUT2D eigenvalue weighted by Gasteiger charge is 2.31. The summed E-state index contributed by atoms with van der Waals surface area (Å²) in [6, 6.07) is 3.63. The fraction of sp³-hybridized carbons (Fsp3) is 0.562. The van der Waals surface area contributed by atoms with E-state index in [-0.39, 0.29) is 5.75 Å². The van der Waals surface area contributed by atoms with Crippen LogP contribution in [0.2, 0.25) is 5.02 Å². The highest BCUT2D eigenvalue weighted by atomic mass is 35.5. The van der Waals surface area contributed by atoms with Crippen LogP contribution in [-0.4, -0.2) is 32.5 Å². The van der Waals surface area contributed by atoms with Gasteiger partial charge in [-0.1, -0.05) is 25.4 Å². The standard InChI is InChI=1S/C16H20ClNO3S/c1-10(2)9-21-15-8-16-12(7-13(15)17)14(18-11-3-4-11)5-6-22(16,19)20/h7-8,10-11H,3-6,9H2,1-2H3/b18-14-. The number of halogens is 1. The van der Waals surface area contributed by atoms with E-state index in [1.807, 2.05) is 13.8 Å². The van der Waals surface area contributed by atoms with Gasteiger partial charge in [0.2, 0.25) is 0 Å². The molecule has 0 amide bonds. The second kappa shape index (κ2) is 5.85. The molecule has 1 fully saturated rings. The highest BCUT2D eigenvalue weighted by Crippen LogP contribution is 2.36. The van der Waals surface area contributed by atoms with Crippen LogP contribution < -0.4 is 4.74 Å². The van der Waals surface area contributed by atoms with Crippen molar-refractivity contribution in [1.82, 2.24) is 0 Å². The zero-order chi connectivity index (χ0) is 15.9. The first kappa shape index (κ1) is 15.8. The molecule has 1 aromatic carbocycles. The zero-order valence-corrected chi connectivity index (χ0v) is 14.4. The zero-order valence-electron chi connectivity index (χ0n) is 12.8. The molecule has 0 saturated heterocycles. The van der Waals surface area contributed by atoms with E-state index in [9.17, 15) is 8.42 Å². The molecular weight excluding hydrogens is 322 g/mol. The summed E-state index contributed by atoms with van der Waals surface area (Å²) in [7, 11) is -3.29. The molecule has 0 unspecified atom stereocenters. The number of hydrogen-bond donors (Lipinski definition) is 0. The van der Waals surface area contributed by atoms with Gasteiger partial charge >= 0.3 is 0 Å². The molecule has 1 saturated carbocycles. The van der Waals surface area contributed by atoms with E-state index < -0.39 is 9.84 Å². The molecule has 1 aromatic rings. The van der Waals surface area contributed by atoms with E-state index in [0.717, 1.165) is 18.6 Å². The maximum atomic E-state index is 12.4. The third-order valence-electron chi connectivity index (χ3n) is 3.75. The molecule has 3 rings (SSSR count). The minimum absolute atomic E-state index is 0.108. The van der Waals surface area contributed by atoms with Crippen molar-refractivity contribution in [2.75, 3.05) is 12.4 Å². The van der Waals surface area contributed by atoms with Crippen molar-refractivity contribution >= 4 is 27.1 Å². The predicted octanol–water partition coefficient (Wildman–Crippen LogP) is 3.50. The van der Waals surface area contributed by atoms with Crippen LogP contribution in [0.25, 0.3) is 0 Å². The third kappa shape index (κ3) is 3.30. The molecule has 6 heteroatoms. The van der Waals surface area contributed by atoms with Crippen molar-refractivity contribution in [2.45, 2.75) is 44.0 Å². The Labute approximate surface area is 136 Å². The minimum Gasteiger partial charge on any atom is -0.492 e. The van der Waals surface area contributed by atoms with Crippen LogP contribution in [0, 0.1) is 5.92 Å². The molecule has 0 aromatic heterocycles. The lowest BCUT2D eigenvalue weighted by atomic mass is 10.1. The van der Waals surface area contributed by atoms with Crippen molar-refractivity contribution in [3.63, 3.8) is 0 Å². The van der Waals surface area contributed by atoms with Gasteiger partial charge in [-0.15, -0.1) is 0 Å². The SMILES string of the molecule is CC(C)COc1cc2c(cc1Cl)/C(=N\C1CC1)CCS2(=O)=O. The van der Waals surface area contributed by atoms with E-state index >= 15 is 0 Å². The summed E-state index contributed by atoms with van der Waals surface area (Å²) < 4.78 is 30.4. The first-order valence-electron chi connectivity index (χ1n) is 7.63. The quantitative estimate of drug-likeness (QED) is 0.842. The molecular formula is C16H20ClNO3S. The molecule has 0 atom stereocenters. The summed E-state index contributed by atoms with van der Waals surface area (Å²) in [5.74, 6) is 0.887. The molecule has 120 valence electrons. The van der Waals surface area contributed by atoms with Crippen LogP contribution in [0.15, 0.2) is 22.0 Å². The molecule has 0 spiro atoms. The fourth-order valence-corrected chi connectivity index (χ4v) is 4.12. The predicted molar refractivity (Wildman–Crippen MR) is 88.0 cm³/mol. The Balaban J connectivity index is 2.03. The van der Waals surface area contributed by atoms with E-state index in [4.69, 9.17) is 16.3 Å². The van der Waals surface area contributed by atoms with E-state index in [2.05, 4.69) is 4.99 Å². The van der Waals surface area contributed by atoms with Crippen LogP contribution in [0.5, 0.6) is 5.75 Å². The normalized spacial score (nSPS) is 21.9. The fourth-order valence-electron chi connectivity index (χ4n) is 2.42. The Morgan fingerprint density at radius 1 is 1.36 bits per heavy atom. The van der Waals surface area contributed by atoms with Crippen molar-refractivity contribution in [3.05, 3.63) is 22.7 Å². The molecule has 2 aliphatic rings. The van der Waals surface area contributed by atoms with E-state index in [1.165, 1.54) is 0 Å². The molecule has 0 radical (unpaired) electrons. The maximum absolute atomic E-state index is 12.4. The smallest absolute Gasteiger partial charge is 0.179 e. The van der Waals surface area contributed by atoms with Gasteiger partial charge in [0, 0.05) is 23.8 Å². The van der Waals surface area contributed by atoms with Gasteiger partial charge in [0.05, 0.1) is 28.3 Å². The van der Waals surface area contributed by atoms with Crippen LogP contribution in [-0.2, 0) is 9.84 Å². The van der Waals surface area contributed by atoms with Gasteiger partial charge in [-0.2, -0.15) is 0 Å². The lowest BCUT2D eigenvalue weighted by molar-refractivity contribution is 0.270. The number of benzene rings is 1. The van der Waals surface area contributed by atoms with Gasteiger partial charge in [-0.3, -0.25) is 4.99 Å². The van der Waals surface area contributed by atoms with Crippen LogP contribution in [0.1, 0.15) is 38.7 Å². The number of nitrogens with zero attached hydrogens (tertiary/aromatic N) is 1. The van der Waals surface area contributed by atoms with Gasteiger partial charge in [0.15, 0.2) is 9.84 Å². The number of fused-ring (bicyclic) bond motifs is 1. The molecule has 22 heavy (non-hydrogen) atoms. The Bertz CT molecular complexity index is 721. The van der Waals surface area contributed by atoms with Gasteiger partial charge in [0.25, 0.3) is 0 Å². The Kier molecular flexibility index (Phi) is 4.21. The monoisotopic (exact) mass is 341 g/mol. The topological polar surface area (TPSA) is 55.7 Å². The Morgan fingerprint density at radius 3 is 2.73 bits per heavy atom. The highest BCUT2D eigenvalue weighted by molar-refractivity contribution is 7.91. The van der Waals surface area contributed by atoms with Gasteiger partial charge in [-0.25, -0.2) is 8.42 Å². The summed E-state index contributed by atoms with van der Waals surface area (Å²) >= 11 is 6.28. The largest absolute Gasteiger partial charge is 0.492 e. The van der Waals surface area contributed by atoms with Gasteiger partial charge in [0.1, 0.15) is 5.75 Å². The van der Waals surface area contributed by atoms with E-state index in [0.29, 0.717) is 46.2 Å². The first-order chi connectivity index (χ1) is 10.4. The van der Waals surface area contributed by atoms with Crippen molar-refractivity contribution in [1.29, 1.82) is 0 Å². The van der Waals surface area contributed by atoms with Crippen molar-refractivity contribution < 1.29 is 13.2 Å². The molecule has 1 aliphatic carbocycles. The number of hydrogen-bond acceptors (Lipinski definition) is 4.